The van der Waals surface area contributed by atoms with Gasteiger partial charge < -0.3 is 15.2 Å². The van der Waals surface area contributed by atoms with E-state index < -0.39 is 5.92 Å². The van der Waals surface area contributed by atoms with E-state index in [2.05, 4.69) is 25.3 Å². The summed E-state index contributed by atoms with van der Waals surface area (Å²) in [4.78, 5) is 29.5. The summed E-state index contributed by atoms with van der Waals surface area (Å²) in [5.74, 6) is -2.79. The van der Waals surface area contributed by atoms with E-state index in [4.69, 9.17) is 0 Å². The van der Waals surface area contributed by atoms with Crippen molar-refractivity contribution < 1.29 is 13.6 Å². The van der Waals surface area contributed by atoms with Gasteiger partial charge in [0.15, 0.2) is 0 Å². The molecule has 0 radical (unpaired) electrons. The number of alkyl halides is 2. The zero-order valence-electron chi connectivity index (χ0n) is 17.1. The van der Waals surface area contributed by atoms with E-state index in [1.54, 1.807) is 26.2 Å². The lowest BCUT2D eigenvalue weighted by molar-refractivity contribution is 0.0174. The Morgan fingerprint density at radius 1 is 1.03 bits per heavy atom. The van der Waals surface area contributed by atoms with Gasteiger partial charge in [-0.15, -0.1) is 0 Å². The first-order chi connectivity index (χ1) is 14.7. The SMILES string of the molecule is CN(C)C(=O)c1cc2cc(Nc3nccc(-c4cc(C(C)(F)F)ccn4)n3)ccc2[nH]1. The average Bonchev–Trinajstić information content (AvgIpc) is 3.16. The van der Waals surface area contributed by atoms with Crippen LogP contribution in [-0.4, -0.2) is 44.8 Å². The smallest absolute Gasteiger partial charge is 0.270 e. The summed E-state index contributed by atoms with van der Waals surface area (Å²) in [7, 11) is 3.38. The first-order valence-corrected chi connectivity index (χ1v) is 9.50. The third kappa shape index (κ3) is 4.35. The number of aromatic amines is 1. The predicted molar refractivity (Wildman–Crippen MR) is 114 cm³/mol. The van der Waals surface area contributed by atoms with Gasteiger partial charge in [-0.1, -0.05) is 0 Å². The number of rotatable bonds is 5. The molecule has 0 fully saturated rings. The molecule has 3 heterocycles. The van der Waals surface area contributed by atoms with Crippen LogP contribution in [0.2, 0.25) is 0 Å². The van der Waals surface area contributed by atoms with Gasteiger partial charge in [0.05, 0.1) is 11.4 Å². The monoisotopic (exact) mass is 422 g/mol. The average molecular weight is 422 g/mol. The molecule has 0 spiro atoms. The fraction of sp³-hybridized carbons (Fsp3) is 0.182. The molecule has 0 aliphatic heterocycles. The topological polar surface area (TPSA) is 86.8 Å². The molecule has 2 N–H and O–H groups in total. The highest BCUT2D eigenvalue weighted by Crippen LogP contribution is 2.29. The van der Waals surface area contributed by atoms with Crippen LogP contribution >= 0.6 is 0 Å². The van der Waals surface area contributed by atoms with E-state index in [1.165, 1.54) is 29.4 Å². The number of carbonyl (C=O) groups excluding carboxylic acids is 1. The van der Waals surface area contributed by atoms with Crippen LogP contribution in [-0.2, 0) is 5.92 Å². The number of aromatic nitrogens is 4. The van der Waals surface area contributed by atoms with Gasteiger partial charge >= 0.3 is 0 Å². The molecule has 9 heteroatoms. The van der Waals surface area contributed by atoms with Crippen LogP contribution in [0.25, 0.3) is 22.3 Å². The normalized spacial score (nSPS) is 11.5. The molecule has 3 aromatic heterocycles. The van der Waals surface area contributed by atoms with Crippen molar-refractivity contribution in [3.63, 3.8) is 0 Å². The minimum absolute atomic E-state index is 0.117. The number of H-pyrrole nitrogens is 1. The quantitative estimate of drug-likeness (QED) is 0.492. The first-order valence-electron chi connectivity index (χ1n) is 9.50. The van der Waals surface area contributed by atoms with E-state index in [-0.39, 0.29) is 11.5 Å². The lowest BCUT2D eigenvalue weighted by atomic mass is 10.1. The lowest BCUT2D eigenvalue weighted by Crippen LogP contribution is -2.21. The molecular formula is C22H20F2N6O. The Morgan fingerprint density at radius 2 is 1.81 bits per heavy atom. The van der Waals surface area contributed by atoms with Crippen molar-refractivity contribution in [1.29, 1.82) is 0 Å². The van der Waals surface area contributed by atoms with Crippen LogP contribution in [0.15, 0.2) is 54.9 Å². The van der Waals surface area contributed by atoms with Gasteiger partial charge in [0.25, 0.3) is 11.8 Å². The third-order valence-corrected chi connectivity index (χ3v) is 4.70. The lowest BCUT2D eigenvalue weighted by Gasteiger charge is -2.11. The molecule has 0 saturated carbocycles. The van der Waals surface area contributed by atoms with Gasteiger partial charge in [-0.3, -0.25) is 9.78 Å². The van der Waals surface area contributed by atoms with Gasteiger partial charge in [0.1, 0.15) is 5.69 Å². The number of carbonyl (C=O) groups is 1. The van der Waals surface area contributed by atoms with Gasteiger partial charge in [-0.2, -0.15) is 0 Å². The Morgan fingerprint density at radius 3 is 2.55 bits per heavy atom. The second kappa shape index (κ2) is 7.75. The summed E-state index contributed by atoms with van der Waals surface area (Å²) in [6.07, 6.45) is 2.87. The summed E-state index contributed by atoms with van der Waals surface area (Å²) in [5.41, 5.74) is 2.66. The highest BCUT2D eigenvalue weighted by molar-refractivity contribution is 5.98. The number of benzene rings is 1. The standard InChI is InChI=1S/C22H20F2N6O/c1-22(23,24)14-6-8-25-18(12-14)17-7-9-26-21(29-17)27-15-4-5-16-13(10-15)11-19(28-16)20(31)30(2)3/h4-12,28H,1-3H3,(H,26,27,29). The van der Waals surface area contributed by atoms with Crippen molar-refractivity contribution in [2.45, 2.75) is 12.8 Å². The Labute approximate surface area is 177 Å². The number of pyridine rings is 1. The van der Waals surface area contributed by atoms with Crippen molar-refractivity contribution in [2.24, 2.45) is 0 Å². The number of fused-ring (bicyclic) bond motifs is 1. The molecule has 1 aromatic carbocycles. The minimum atomic E-state index is -2.97. The summed E-state index contributed by atoms with van der Waals surface area (Å²) in [6.45, 7) is 0.841. The fourth-order valence-corrected chi connectivity index (χ4v) is 3.10. The Balaban J connectivity index is 1.61. The third-order valence-electron chi connectivity index (χ3n) is 4.70. The molecule has 4 rings (SSSR count). The van der Waals surface area contributed by atoms with Crippen LogP contribution in [0.3, 0.4) is 0 Å². The second-order valence-electron chi connectivity index (χ2n) is 7.39. The molecule has 0 bridgehead atoms. The summed E-state index contributed by atoms with van der Waals surface area (Å²) >= 11 is 0. The summed E-state index contributed by atoms with van der Waals surface area (Å²) < 4.78 is 27.3. The van der Waals surface area contributed by atoms with Crippen LogP contribution in [0.1, 0.15) is 23.0 Å². The second-order valence-corrected chi connectivity index (χ2v) is 7.39. The highest BCUT2D eigenvalue weighted by atomic mass is 19.3. The Hall–Kier alpha value is -3.88. The number of nitrogens with zero attached hydrogens (tertiary/aromatic N) is 4. The van der Waals surface area contributed by atoms with Crippen LogP contribution in [0.4, 0.5) is 20.4 Å². The van der Waals surface area contributed by atoms with Gasteiger partial charge in [0.2, 0.25) is 5.95 Å². The van der Waals surface area contributed by atoms with Crippen molar-refractivity contribution >= 4 is 28.4 Å². The fourth-order valence-electron chi connectivity index (χ4n) is 3.10. The maximum atomic E-state index is 13.6. The Kier molecular flexibility index (Phi) is 5.10. The number of hydrogen-bond donors (Lipinski definition) is 2. The molecule has 1 amide bonds. The molecule has 0 saturated heterocycles. The van der Waals surface area contributed by atoms with Gasteiger partial charge in [-0.05, 0) is 42.5 Å². The predicted octanol–water partition coefficient (Wildman–Crippen LogP) is 4.58. The molecule has 7 nitrogen and oxygen atoms in total. The number of anilines is 2. The molecule has 158 valence electrons. The van der Waals surface area contributed by atoms with E-state index in [0.717, 1.165) is 17.8 Å². The van der Waals surface area contributed by atoms with E-state index in [9.17, 15) is 13.6 Å². The number of amides is 1. The Bertz CT molecular complexity index is 1260. The van der Waals surface area contributed by atoms with Crippen molar-refractivity contribution in [3.05, 3.63) is 66.1 Å². The molecule has 0 atom stereocenters. The molecule has 0 aliphatic rings. The van der Waals surface area contributed by atoms with E-state index in [0.29, 0.717) is 28.7 Å². The first kappa shape index (κ1) is 20.4. The van der Waals surface area contributed by atoms with Crippen molar-refractivity contribution in [1.82, 2.24) is 24.8 Å². The zero-order valence-corrected chi connectivity index (χ0v) is 17.1. The van der Waals surface area contributed by atoms with Crippen LogP contribution < -0.4 is 5.32 Å². The molecule has 0 aliphatic carbocycles. The largest absolute Gasteiger partial charge is 0.351 e. The van der Waals surface area contributed by atoms with Gasteiger partial charge in [-0.25, -0.2) is 18.7 Å². The number of hydrogen-bond acceptors (Lipinski definition) is 5. The molecule has 4 aromatic rings. The van der Waals surface area contributed by atoms with E-state index >= 15 is 0 Å². The van der Waals surface area contributed by atoms with Crippen molar-refractivity contribution in [3.8, 4) is 11.4 Å². The molecule has 31 heavy (non-hydrogen) atoms. The maximum absolute atomic E-state index is 13.6. The van der Waals surface area contributed by atoms with Crippen LogP contribution in [0.5, 0.6) is 0 Å². The zero-order chi connectivity index (χ0) is 22.2. The highest BCUT2D eigenvalue weighted by Gasteiger charge is 2.24. The van der Waals surface area contributed by atoms with Crippen molar-refractivity contribution in [2.75, 3.05) is 19.4 Å². The minimum Gasteiger partial charge on any atom is -0.351 e. The number of nitrogens with one attached hydrogen (secondary N) is 2. The van der Waals surface area contributed by atoms with E-state index in [1.807, 2.05) is 18.2 Å². The number of halogens is 2. The molecule has 0 unspecified atom stereocenters. The van der Waals surface area contributed by atoms with Crippen LogP contribution in [0, 0.1) is 0 Å². The molecular weight excluding hydrogens is 402 g/mol. The van der Waals surface area contributed by atoms with Gasteiger partial charge in [0, 0.05) is 55.6 Å². The maximum Gasteiger partial charge on any atom is 0.270 e. The summed E-state index contributed by atoms with van der Waals surface area (Å²) in [6, 6.07) is 11.5. The summed E-state index contributed by atoms with van der Waals surface area (Å²) in [5, 5.41) is 3.96.